The highest BCUT2D eigenvalue weighted by Crippen LogP contribution is 2.36. The Morgan fingerprint density at radius 2 is 1.37 bits per heavy atom. The van der Waals surface area contributed by atoms with E-state index in [-0.39, 0.29) is 24.1 Å². The van der Waals surface area contributed by atoms with Gasteiger partial charge in [0, 0.05) is 12.2 Å². The van der Waals surface area contributed by atoms with E-state index in [1.807, 2.05) is 6.92 Å². The number of hydrogen-bond donors (Lipinski definition) is 0. The molecule has 0 saturated heterocycles. The first-order chi connectivity index (χ1) is 12.3. The van der Waals surface area contributed by atoms with Gasteiger partial charge in [0.2, 0.25) is 0 Å². The van der Waals surface area contributed by atoms with Crippen molar-refractivity contribution in [2.24, 2.45) is 17.3 Å². The zero-order valence-electron chi connectivity index (χ0n) is 19.8. The Bertz CT molecular complexity index is 422. The van der Waals surface area contributed by atoms with Crippen LogP contribution >= 0.6 is 0 Å². The Morgan fingerprint density at radius 1 is 0.889 bits per heavy atom. The van der Waals surface area contributed by atoms with Gasteiger partial charge in [0.1, 0.15) is 0 Å². The Kier molecular flexibility index (Phi) is 11.4. The van der Waals surface area contributed by atoms with Gasteiger partial charge in [-0.15, -0.1) is 0 Å². The molecule has 0 spiro atoms. The van der Waals surface area contributed by atoms with Crippen LogP contribution in [0.25, 0.3) is 0 Å². The lowest BCUT2D eigenvalue weighted by atomic mass is 9.73. The van der Waals surface area contributed by atoms with Crippen LogP contribution < -0.4 is 0 Å². The van der Waals surface area contributed by atoms with Gasteiger partial charge in [0.15, 0.2) is 0 Å². The van der Waals surface area contributed by atoms with Gasteiger partial charge in [-0.3, -0.25) is 4.79 Å². The van der Waals surface area contributed by atoms with Crippen LogP contribution in [0.4, 0.5) is 0 Å². The zero-order chi connectivity index (χ0) is 21.4. The highest BCUT2D eigenvalue weighted by Gasteiger charge is 2.43. The lowest BCUT2D eigenvalue weighted by Crippen LogP contribution is -2.48. The zero-order valence-corrected chi connectivity index (χ0v) is 20.8. The summed E-state index contributed by atoms with van der Waals surface area (Å²) in [5, 5.41) is 0. The Hall–Kier alpha value is -0.393. The fourth-order valence-electron chi connectivity index (χ4n) is 3.56. The van der Waals surface area contributed by atoms with Gasteiger partial charge >= 0.3 is 14.5 Å². The number of rotatable bonds is 13. The van der Waals surface area contributed by atoms with Crippen molar-refractivity contribution in [2.75, 3.05) is 6.61 Å². The molecule has 5 heteroatoms. The first-order valence-corrected chi connectivity index (χ1v) is 12.9. The molecule has 1 unspecified atom stereocenters. The second-order valence-corrected chi connectivity index (χ2v) is 13.5. The molecular formula is C22H46O4Si. The average molecular weight is 403 g/mol. The Balaban J connectivity index is 4.95. The third-order valence-electron chi connectivity index (χ3n) is 5.23. The smallest absolute Gasteiger partial charge is 0.341 e. The number of carbonyl (C=O) groups is 1. The van der Waals surface area contributed by atoms with E-state index in [9.17, 15) is 4.79 Å². The summed E-state index contributed by atoms with van der Waals surface area (Å²) in [6.07, 6.45) is 1.90. The molecule has 0 fully saturated rings. The van der Waals surface area contributed by atoms with E-state index >= 15 is 0 Å². The Labute approximate surface area is 170 Å². The molecule has 0 N–H and O–H groups in total. The van der Waals surface area contributed by atoms with E-state index in [1.54, 1.807) is 0 Å². The van der Waals surface area contributed by atoms with Crippen LogP contribution in [0.15, 0.2) is 0 Å². The summed E-state index contributed by atoms with van der Waals surface area (Å²) in [6.45, 7) is 23.6. The van der Waals surface area contributed by atoms with Crippen LogP contribution in [-0.2, 0) is 18.4 Å². The van der Waals surface area contributed by atoms with Crippen LogP contribution in [-0.4, -0.2) is 33.3 Å². The van der Waals surface area contributed by atoms with Gasteiger partial charge in [-0.1, -0.05) is 41.5 Å². The summed E-state index contributed by atoms with van der Waals surface area (Å²) in [7, 11) is -2.36. The highest BCUT2D eigenvalue weighted by atomic mass is 28.4. The van der Waals surface area contributed by atoms with Gasteiger partial charge < -0.3 is 13.6 Å². The predicted octanol–water partition coefficient (Wildman–Crippen LogP) is 6.33. The van der Waals surface area contributed by atoms with Crippen LogP contribution in [0.2, 0.25) is 11.6 Å². The minimum Gasteiger partial charge on any atom is -0.465 e. The van der Waals surface area contributed by atoms with Crippen molar-refractivity contribution in [2.45, 2.75) is 113 Å². The minimum atomic E-state index is -2.36. The standard InChI is InChI=1S/C22H46O4Si/c1-16(2)15-22(11,17(3)4)21(23)24-13-12-14-27(20(9)10,25-18(5)6)26-19(7)8/h16-20H,12-15H2,1-11H3. The van der Waals surface area contributed by atoms with Crippen molar-refractivity contribution in [3.63, 3.8) is 0 Å². The quantitative estimate of drug-likeness (QED) is 0.205. The average Bonchev–Trinajstić information content (AvgIpc) is 2.48. The summed E-state index contributed by atoms with van der Waals surface area (Å²) >= 11 is 0. The Morgan fingerprint density at radius 3 is 1.70 bits per heavy atom. The molecule has 0 aromatic carbocycles. The van der Waals surface area contributed by atoms with Crippen molar-refractivity contribution >= 4 is 14.5 Å². The van der Waals surface area contributed by atoms with Gasteiger partial charge in [-0.25, -0.2) is 0 Å². The van der Waals surface area contributed by atoms with Crippen molar-refractivity contribution in [1.82, 2.24) is 0 Å². The van der Waals surface area contributed by atoms with Crippen LogP contribution in [0.5, 0.6) is 0 Å². The molecular weight excluding hydrogens is 356 g/mol. The minimum absolute atomic E-state index is 0.0717. The molecule has 4 nitrogen and oxygen atoms in total. The first kappa shape index (κ1) is 26.6. The summed E-state index contributed by atoms with van der Waals surface area (Å²) in [4.78, 5) is 12.8. The second-order valence-electron chi connectivity index (χ2n) is 9.71. The molecule has 0 radical (unpaired) electrons. The molecule has 0 aliphatic carbocycles. The molecule has 0 aromatic heterocycles. The lowest BCUT2D eigenvalue weighted by Gasteiger charge is -2.37. The molecule has 0 amide bonds. The molecule has 0 aliphatic rings. The van der Waals surface area contributed by atoms with Gasteiger partial charge in [0.05, 0.1) is 12.0 Å². The lowest BCUT2D eigenvalue weighted by molar-refractivity contribution is -0.159. The van der Waals surface area contributed by atoms with Crippen LogP contribution in [0.1, 0.15) is 89.0 Å². The molecule has 0 heterocycles. The molecule has 0 rings (SSSR count). The van der Waals surface area contributed by atoms with E-state index in [4.69, 9.17) is 13.6 Å². The summed E-state index contributed by atoms with van der Waals surface area (Å²) in [5.74, 6) is 0.646. The topological polar surface area (TPSA) is 44.8 Å². The molecule has 0 saturated carbocycles. The maximum atomic E-state index is 12.8. The SMILES string of the molecule is CC(C)CC(C)(C(=O)OCCC[Si](OC(C)C)(OC(C)C)C(C)C)C(C)C. The van der Waals surface area contributed by atoms with Crippen molar-refractivity contribution in [1.29, 1.82) is 0 Å². The second kappa shape index (κ2) is 11.6. The fraction of sp³-hybridized carbons (Fsp3) is 0.955. The van der Waals surface area contributed by atoms with Crippen molar-refractivity contribution in [3.8, 4) is 0 Å². The van der Waals surface area contributed by atoms with E-state index in [1.165, 1.54) is 0 Å². The molecule has 0 bridgehead atoms. The third kappa shape index (κ3) is 8.65. The van der Waals surface area contributed by atoms with Crippen LogP contribution in [0.3, 0.4) is 0 Å². The van der Waals surface area contributed by atoms with Crippen molar-refractivity contribution < 1.29 is 18.4 Å². The molecule has 162 valence electrons. The van der Waals surface area contributed by atoms with E-state index in [0.29, 0.717) is 18.1 Å². The maximum absolute atomic E-state index is 12.8. The first-order valence-electron chi connectivity index (χ1n) is 10.8. The molecule has 0 aliphatic heterocycles. The summed E-state index contributed by atoms with van der Waals surface area (Å²) in [5.41, 5.74) is -0.0799. The maximum Gasteiger partial charge on any atom is 0.341 e. The van der Waals surface area contributed by atoms with Crippen LogP contribution in [0, 0.1) is 17.3 Å². The van der Waals surface area contributed by atoms with Gasteiger partial charge in [0.25, 0.3) is 0 Å². The predicted molar refractivity (Wildman–Crippen MR) is 116 cm³/mol. The molecule has 27 heavy (non-hydrogen) atoms. The summed E-state index contributed by atoms with van der Waals surface area (Å²) in [6, 6.07) is 0.844. The number of carbonyl (C=O) groups excluding carboxylic acids is 1. The van der Waals surface area contributed by atoms with E-state index in [2.05, 4.69) is 69.2 Å². The van der Waals surface area contributed by atoms with Crippen molar-refractivity contribution in [3.05, 3.63) is 0 Å². The molecule has 1 atom stereocenters. The number of esters is 1. The number of hydrogen-bond acceptors (Lipinski definition) is 4. The normalized spacial score (nSPS) is 15.3. The summed E-state index contributed by atoms with van der Waals surface area (Å²) < 4.78 is 18.4. The van der Waals surface area contributed by atoms with Gasteiger partial charge in [-0.2, -0.15) is 0 Å². The largest absolute Gasteiger partial charge is 0.465 e. The van der Waals surface area contributed by atoms with Gasteiger partial charge in [-0.05, 0) is 70.9 Å². The highest BCUT2D eigenvalue weighted by molar-refractivity contribution is 6.68. The van der Waals surface area contributed by atoms with E-state index in [0.717, 1.165) is 18.9 Å². The third-order valence-corrected chi connectivity index (χ3v) is 9.78. The fourth-order valence-corrected chi connectivity index (χ4v) is 7.20. The van der Waals surface area contributed by atoms with E-state index < -0.39 is 14.0 Å². The number of ether oxygens (including phenoxy) is 1. The monoisotopic (exact) mass is 402 g/mol. The molecule has 0 aromatic rings.